The third-order valence-corrected chi connectivity index (χ3v) is 6.38. The van der Waals surface area contributed by atoms with Gasteiger partial charge in [-0.25, -0.2) is 4.79 Å². The third kappa shape index (κ3) is 5.16. The number of fused-ring (bicyclic) bond motifs is 1. The van der Waals surface area contributed by atoms with Crippen LogP contribution < -0.4 is 16.0 Å². The van der Waals surface area contributed by atoms with E-state index in [1.54, 1.807) is 0 Å². The highest BCUT2D eigenvalue weighted by Crippen LogP contribution is 2.20. The highest BCUT2D eigenvalue weighted by atomic mass is 16.4. The summed E-state index contributed by atoms with van der Waals surface area (Å²) >= 11 is 0. The molecule has 10 heteroatoms. The van der Waals surface area contributed by atoms with Crippen LogP contribution in [0.1, 0.15) is 31.2 Å². The average molecular weight is 456 g/mol. The molecule has 1 aromatic heterocycles. The first-order valence-electron chi connectivity index (χ1n) is 11.3. The van der Waals surface area contributed by atoms with Gasteiger partial charge in [-0.3, -0.25) is 14.4 Å². The predicted molar refractivity (Wildman–Crippen MR) is 120 cm³/mol. The zero-order valence-corrected chi connectivity index (χ0v) is 18.3. The molecule has 10 nitrogen and oxygen atoms in total. The number of carbonyl (C=O) groups excluding carboxylic acids is 3. The van der Waals surface area contributed by atoms with E-state index in [1.807, 2.05) is 30.5 Å². The van der Waals surface area contributed by atoms with Crippen LogP contribution in [0.2, 0.25) is 0 Å². The van der Waals surface area contributed by atoms with Crippen molar-refractivity contribution in [3.05, 3.63) is 36.0 Å². The van der Waals surface area contributed by atoms with Crippen LogP contribution in [0, 0.1) is 0 Å². The molecular weight excluding hydrogens is 426 g/mol. The lowest BCUT2D eigenvalue weighted by atomic mass is 10.0. The minimum absolute atomic E-state index is 0.246. The lowest BCUT2D eigenvalue weighted by Crippen LogP contribution is -2.54. The number of likely N-dealkylation sites (tertiary alicyclic amines) is 1. The monoisotopic (exact) mass is 455 g/mol. The number of hydrogen-bond donors (Lipinski definition) is 5. The van der Waals surface area contributed by atoms with Crippen molar-refractivity contribution in [3.63, 3.8) is 0 Å². The van der Waals surface area contributed by atoms with E-state index in [9.17, 15) is 24.3 Å². The third-order valence-electron chi connectivity index (χ3n) is 6.38. The van der Waals surface area contributed by atoms with Gasteiger partial charge >= 0.3 is 5.97 Å². The number of H-pyrrole nitrogens is 1. The summed E-state index contributed by atoms with van der Waals surface area (Å²) in [7, 11) is 0. The number of aromatic amines is 1. The first kappa shape index (κ1) is 22.8. The van der Waals surface area contributed by atoms with Gasteiger partial charge in [0.05, 0.1) is 12.6 Å². The Kier molecular flexibility index (Phi) is 6.93. The number of carbonyl (C=O) groups is 4. The maximum absolute atomic E-state index is 13.0. The highest BCUT2D eigenvalue weighted by Gasteiger charge is 2.34. The Hall–Kier alpha value is -3.40. The maximum Gasteiger partial charge on any atom is 0.326 e. The number of nitrogens with one attached hydrogen (secondary N) is 4. The van der Waals surface area contributed by atoms with Crippen molar-refractivity contribution in [2.24, 2.45) is 0 Å². The Morgan fingerprint density at radius 1 is 1.15 bits per heavy atom. The molecular formula is C23H29N5O5. The van der Waals surface area contributed by atoms with Gasteiger partial charge in [0.25, 0.3) is 0 Å². The van der Waals surface area contributed by atoms with E-state index in [0.717, 1.165) is 29.4 Å². The molecule has 3 amide bonds. The van der Waals surface area contributed by atoms with Crippen LogP contribution in [-0.2, 0) is 25.6 Å². The van der Waals surface area contributed by atoms with Crippen LogP contribution in [-0.4, -0.2) is 76.4 Å². The minimum Gasteiger partial charge on any atom is -0.480 e. The SMILES string of the molecule is O=C(NC(Cc1c[nH]c2ccccc12)C(=O)NCC(=O)N1CCCC1C(=O)O)C1CCCN1. The summed E-state index contributed by atoms with van der Waals surface area (Å²) in [5.74, 6) is -2.21. The molecule has 5 N–H and O–H groups in total. The summed E-state index contributed by atoms with van der Waals surface area (Å²) in [6, 6.07) is 5.62. The smallest absolute Gasteiger partial charge is 0.326 e. The normalized spacial score (nSPS) is 21.2. The summed E-state index contributed by atoms with van der Waals surface area (Å²) in [4.78, 5) is 54.1. The molecule has 2 aliphatic heterocycles. The Bertz CT molecular complexity index is 1040. The summed E-state index contributed by atoms with van der Waals surface area (Å²) in [6.07, 6.45) is 4.69. The Morgan fingerprint density at radius 3 is 2.73 bits per heavy atom. The second-order valence-corrected chi connectivity index (χ2v) is 8.57. The number of para-hydroxylation sites is 1. The van der Waals surface area contributed by atoms with Gasteiger partial charge in [0.1, 0.15) is 12.1 Å². The number of aliphatic carboxylic acids is 1. The van der Waals surface area contributed by atoms with E-state index >= 15 is 0 Å². The molecule has 2 saturated heterocycles. The van der Waals surface area contributed by atoms with Gasteiger partial charge in [-0.1, -0.05) is 18.2 Å². The van der Waals surface area contributed by atoms with Gasteiger partial charge in [-0.05, 0) is 43.9 Å². The number of hydrogen-bond acceptors (Lipinski definition) is 5. The van der Waals surface area contributed by atoms with Crippen molar-refractivity contribution in [2.75, 3.05) is 19.6 Å². The van der Waals surface area contributed by atoms with Gasteiger partial charge in [0.15, 0.2) is 0 Å². The van der Waals surface area contributed by atoms with Gasteiger partial charge in [-0.15, -0.1) is 0 Å². The molecule has 3 atom stereocenters. The Balaban J connectivity index is 1.44. The molecule has 2 aliphatic rings. The van der Waals surface area contributed by atoms with E-state index in [2.05, 4.69) is 20.9 Å². The molecule has 2 aromatic rings. The first-order chi connectivity index (χ1) is 15.9. The van der Waals surface area contributed by atoms with Gasteiger partial charge in [-0.2, -0.15) is 0 Å². The minimum atomic E-state index is -1.04. The summed E-state index contributed by atoms with van der Waals surface area (Å²) < 4.78 is 0. The number of benzene rings is 1. The number of nitrogens with zero attached hydrogens (tertiary/aromatic N) is 1. The Morgan fingerprint density at radius 2 is 1.97 bits per heavy atom. The average Bonchev–Trinajstić information content (AvgIpc) is 3.57. The van der Waals surface area contributed by atoms with Crippen molar-refractivity contribution in [2.45, 2.75) is 50.2 Å². The molecule has 0 spiro atoms. The molecule has 0 aliphatic carbocycles. The molecule has 2 fully saturated rings. The fourth-order valence-corrected chi connectivity index (χ4v) is 4.62. The van der Waals surface area contributed by atoms with Crippen LogP contribution in [0.3, 0.4) is 0 Å². The predicted octanol–water partition coefficient (Wildman–Crippen LogP) is 0.139. The molecule has 0 radical (unpaired) electrons. The molecule has 3 heterocycles. The fraction of sp³-hybridized carbons (Fsp3) is 0.478. The second kappa shape index (κ2) is 10.0. The zero-order chi connectivity index (χ0) is 23.4. The molecule has 3 unspecified atom stereocenters. The number of carboxylic acid groups (broad SMARTS) is 1. The van der Waals surface area contributed by atoms with E-state index < -0.39 is 29.9 Å². The quantitative estimate of drug-likeness (QED) is 0.383. The summed E-state index contributed by atoms with van der Waals surface area (Å²) in [6.45, 7) is 0.797. The van der Waals surface area contributed by atoms with Crippen molar-refractivity contribution in [1.82, 2.24) is 25.8 Å². The van der Waals surface area contributed by atoms with Crippen LogP contribution in [0.4, 0.5) is 0 Å². The van der Waals surface area contributed by atoms with Crippen molar-refractivity contribution in [1.29, 1.82) is 0 Å². The topological polar surface area (TPSA) is 144 Å². The van der Waals surface area contributed by atoms with E-state index in [1.165, 1.54) is 4.90 Å². The summed E-state index contributed by atoms with van der Waals surface area (Å²) in [5.41, 5.74) is 1.81. The van der Waals surface area contributed by atoms with E-state index in [4.69, 9.17) is 0 Å². The van der Waals surface area contributed by atoms with Crippen LogP contribution in [0.5, 0.6) is 0 Å². The first-order valence-corrected chi connectivity index (χ1v) is 11.3. The molecule has 4 rings (SSSR count). The standard InChI is InChI=1S/C23H29N5O5/c29-20(28-10-4-8-19(28)23(32)33)13-26-21(30)18(27-22(31)17-7-3-9-24-17)11-14-12-25-16-6-2-1-5-15(14)16/h1-2,5-6,12,17-19,24-25H,3-4,7-11,13H2,(H,26,30)(H,27,31)(H,32,33). The number of carboxylic acids is 1. The largest absolute Gasteiger partial charge is 0.480 e. The molecule has 0 saturated carbocycles. The van der Waals surface area contributed by atoms with Gasteiger partial charge in [0, 0.05) is 30.1 Å². The Labute approximate surface area is 191 Å². The zero-order valence-electron chi connectivity index (χ0n) is 18.3. The molecule has 33 heavy (non-hydrogen) atoms. The highest BCUT2D eigenvalue weighted by molar-refractivity contribution is 5.93. The fourth-order valence-electron chi connectivity index (χ4n) is 4.62. The van der Waals surface area contributed by atoms with Crippen LogP contribution in [0.25, 0.3) is 10.9 Å². The van der Waals surface area contributed by atoms with Crippen LogP contribution in [0.15, 0.2) is 30.5 Å². The van der Waals surface area contributed by atoms with E-state index in [0.29, 0.717) is 25.8 Å². The van der Waals surface area contributed by atoms with Crippen LogP contribution >= 0.6 is 0 Å². The molecule has 176 valence electrons. The lowest BCUT2D eigenvalue weighted by molar-refractivity contribution is -0.148. The maximum atomic E-state index is 13.0. The summed E-state index contributed by atoms with van der Waals surface area (Å²) in [5, 5.41) is 18.8. The second-order valence-electron chi connectivity index (χ2n) is 8.57. The van der Waals surface area contributed by atoms with Crippen molar-refractivity contribution < 1.29 is 24.3 Å². The van der Waals surface area contributed by atoms with E-state index in [-0.39, 0.29) is 24.9 Å². The molecule has 0 bridgehead atoms. The van der Waals surface area contributed by atoms with Crippen molar-refractivity contribution in [3.8, 4) is 0 Å². The number of aromatic nitrogens is 1. The van der Waals surface area contributed by atoms with Gasteiger partial charge < -0.3 is 30.9 Å². The molecule has 1 aromatic carbocycles. The number of amides is 3. The van der Waals surface area contributed by atoms with Crippen molar-refractivity contribution >= 4 is 34.6 Å². The number of rotatable bonds is 8. The van der Waals surface area contributed by atoms with Gasteiger partial charge in [0.2, 0.25) is 17.7 Å². The lowest BCUT2D eigenvalue weighted by Gasteiger charge is -2.23.